The Labute approximate surface area is 201 Å². The van der Waals surface area contributed by atoms with E-state index < -0.39 is 0 Å². The maximum atomic E-state index is 13.7. The predicted octanol–water partition coefficient (Wildman–Crippen LogP) is 5.02. The summed E-state index contributed by atoms with van der Waals surface area (Å²) in [6.45, 7) is 2.70. The molecule has 4 rings (SSSR count). The molecule has 178 valence electrons. The molecule has 1 aliphatic heterocycles. The van der Waals surface area contributed by atoms with E-state index >= 15 is 0 Å². The van der Waals surface area contributed by atoms with Crippen molar-refractivity contribution in [1.82, 2.24) is 4.90 Å². The molecule has 0 aromatic heterocycles. The SMILES string of the molecule is COc1ccc(C(=O)N(c2cccc(OC)c2)C2CCN(Cc3cccc(OC)c3)CC2)cc1. The van der Waals surface area contributed by atoms with E-state index in [1.165, 1.54) is 5.56 Å². The molecule has 0 bridgehead atoms. The second-order valence-corrected chi connectivity index (χ2v) is 8.46. The molecule has 1 heterocycles. The van der Waals surface area contributed by atoms with Crippen molar-refractivity contribution in [2.24, 2.45) is 0 Å². The maximum Gasteiger partial charge on any atom is 0.258 e. The fourth-order valence-corrected chi connectivity index (χ4v) is 4.49. The van der Waals surface area contributed by atoms with E-state index in [4.69, 9.17) is 14.2 Å². The molecule has 6 nitrogen and oxygen atoms in total. The highest BCUT2D eigenvalue weighted by atomic mass is 16.5. The van der Waals surface area contributed by atoms with Crippen LogP contribution in [0.3, 0.4) is 0 Å². The van der Waals surface area contributed by atoms with Crippen LogP contribution in [-0.2, 0) is 6.54 Å². The lowest BCUT2D eigenvalue weighted by Gasteiger charge is -2.39. The van der Waals surface area contributed by atoms with Gasteiger partial charge in [-0.3, -0.25) is 9.69 Å². The quantitative estimate of drug-likeness (QED) is 0.472. The lowest BCUT2D eigenvalue weighted by Crippen LogP contribution is -2.47. The minimum Gasteiger partial charge on any atom is -0.497 e. The molecule has 3 aromatic carbocycles. The average Bonchev–Trinajstić information content (AvgIpc) is 2.90. The van der Waals surface area contributed by atoms with Crippen LogP contribution in [0.25, 0.3) is 0 Å². The van der Waals surface area contributed by atoms with Gasteiger partial charge in [0.25, 0.3) is 5.91 Å². The van der Waals surface area contributed by atoms with Gasteiger partial charge in [0, 0.05) is 43.0 Å². The van der Waals surface area contributed by atoms with Crippen LogP contribution in [0.15, 0.2) is 72.8 Å². The number of amides is 1. The molecule has 0 unspecified atom stereocenters. The summed E-state index contributed by atoms with van der Waals surface area (Å²) >= 11 is 0. The molecule has 1 aliphatic rings. The van der Waals surface area contributed by atoms with Gasteiger partial charge in [-0.1, -0.05) is 18.2 Å². The Bertz CT molecular complexity index is 1090. The number of hydrogen-bond acceptors (Lipinski definition) is 5. The molecule has 1 amide bonds. The maximum absolute atomic E-state index is 13.7. The zero-order valence-corrected chi connectivity index (χ0v) is 20.1. The van der Waals surface area contributed by atoms with E-state index in [1.54, 1.807) is 21.3 Å². The smallest absolute Gasteiger partial charge is 0.258 e. The molecule has 6 heteroatoms. The number of carbonyl (C=O) groups excluding carboxylic acids is 1. The summed E-state index contributed by atoms with van der Waals surface area (Å²) in [7, 11) is 4.96. The summed E-state index contributed by atoms with van der Waals surface area (Å²) in [4.78, 5) is 18.1. The van der Waals surface area contributed by atoms with Crippen molar-refractivity contribution in [1.29, 1.82) is 0 Å². The Balaban J connectivity index is 1.52. The minimum absolute atomic E-state index is 0.0119. The summed E-state index contributed by atoms with van der Waals surface area (Å²) in [6.07, 6.45) is 1.78. The van der Waals surface area contributed by atoms with Gasteiger partial charge in [0.15, 0.2) is 0 Å². The van der Waals surface area contributed by atoms with Crippen LogP contribution in [0.2, 0.25) is 0 Å². The van der Waals surface area contributed by atoms with Gasteiger partial charge in [-0.15, -0.1) is 0 Å². The van der Waals surface area contributed by atoms with E-state index in [1.807, 2.05) is 65.6 Å². The monoisotopic (exact) mass is 460 g/mol. The summed E-state index contributed by atoms with van der Waals surface area (Å²) in [5.41, 5.74) is 2.73. The topological polar surface area (TPSA) is 51.2 Å². The predicted molar refractivity (Wildman–Crippen MR) is 134 cm³/mol. The Morgan fingerprint density at radius 1 is 0.824 bits per heavy atom. The van der Waals surface area contributed by atoms with Crippen LogP contribution in [0, 0.1) is 0 Å². The highest BCUT2D eigenvalue weighted by Gasteiger charge is 2.30. The van der Waals surface area contributed by atoms with Gasteiger partial charge >= 0.3 is 0 Å². The van der Waals surface area contributed by atoms with E-state index in [-0.39, 0.29) is 11.9 Å². The van der Waals surface area contributed by atoms with Crippen LogP contribution in [-0.4, -0.2) is 51.3 Å². The number of piperidine rings is 1. The van der Waals surface area contributed by atoms with Crippen molar-refractivity contribution in [2.45, 2.75) is 25.4 Å². The Kier molecular flexibility index (Phi) is 7.70. The second-order valence-electron chi connectivity index (χ2n) is 8.46. The Morgan fingerprint density at radius 2 is 1.44 bits per heavy atom. The van der Waals surface area contributed by atoms with Gasteiger partial charge in [0.1, 0.15) is 17.2 Å². The number of benzene rings is 3. The van der Waals surface area contributed by atoms with Crippen LogP contribution in [0.5, 0.6) is 17.2 Å². The summed E-state index contributed by atoms with van der Waals surface area (Å²) in [5, 5.41) is 0. The highest BCUT2D eigenvalue weighted by molar-refractivity contribution is 6.06. The van der Waals surface area contributed by atoms with E-state index in [0.717, 1.165) is 55.4 Å². The van der Waals surface area contributed by atoms with Gasteiger partial charge in [-0.05, 0) is 66.9 Å². The van der Waals surface area contributed by atoms with Crippen LogP contribution in [0.4, 0.5) is 5.69 Å². The zero-order chi connectivity index (χ0) is 23.9. The highest BCUT2D eigenvalue weighted by Crippen LogP contribution is 2.29. The van der Waals surface area contributed by atoms with Crippen molar-refractivity contribution in [3.05, 3.63) is 83.9 Å². The van der Waals surface area contributed by atoms with Crippen molar-refractivity contribution in [3.63, 3.8) is 0 Å². The first-order valence-electron chi connectivity index (χ1n) is 11.6. The normalized spacial score (nSPS) is 14.4. The van der Waals surface area contributed by atoms with Gasteiger partial charge in [-0.25, -0.2) is 0 Å². The Hall–Kier alpha value is -3.51. The summed E-state index contributed by atoms with van der Waals surface area (Å²) in [5.74, 6) is 2.33. The zero-order valence-electron chi connectivity index (χ0n) is 20.1. The van der Waals surface area contributed by atoms with Crippen molar-refractivity contribution >= 4 is 11.6 Å². The number of rotatable bonds is 8. The largest absolute Gasteiger partial charge is 0.497 e. The first-order valence-corrected chi connectivity index (χ1v) is 11.6. The minimum atomic E-state index is -0.0119. The fourth-order valence-electron chi connectivity index (χ4n) is 4.49. The molecule has 1 saturated heterocycles. The first kappa shape index (κ1) is 23.6. The number of nitrogens with zero attached hydrogens (tertiary/aromatic N) is 2. The van der Waals surface area contributed by atoms with E-state index in [9.17, 15) is 4.79 Å². The molecule has 0 N–H and O–H groups in total. The number of likely N-dealkylation sites (tertiary alicyclic amines) is 1. The number of carbonyl (C=O) groups is 1. The number of hydrogen-bond donors (Lipinski definition) is 0. The van der Waals surface area contributed by atoms with E-state index in [0.29, 0.717) is 5.56 Å². The van der Waals surface area contributed by atoms with Gasteiger partial charge < -0.3 is 19.1 Å². The third-order valence-corrected chi connectivity index (χ3v) is 6.35. The van der Waals surface area contributed by atoms with Crippen LogP contribution in [0.1, 0.15) is 28.8 Å². The van der Waals surface area contributed by atoms with Crippen molar-refractivity contribution in [2.75, 3.05) is 39.3 Å². The molecule has 0 atom stereocenters. The molecule has 34 heavy (non-hydrogen) atoms. The van der Waals surface area contributed by atoms with Crippen LogP contribution < -0.4 is 19.1 Å². The third-order valence-electron chi connectivity index (χ3n) is 6.35. The lowest BCUT2D eigenvalue weighted by molar-refractivity contribution is 0.0958. The molecule has 1 fully saturated rings. The van der Waals surface area contributed by atoms with Crippen molar-refractivity contribution in [3.8, 4) is 17.2 Å². The molecule has 0 aliphatic carbocycles. The van der Waals surface area contributed by atoms with Gasteiger partial charge in [0.2, 0.25) is 0 Å². The number of ether oxygens (including phenoxy) is 3. The van der Waals surface area contributed by atoms with Crippen LogP contribution >= 0.6 is 0 Å². The number of anilines is 1. The van der Waals surface area contributed by atoms with Crippen molar-refractivity contribution < 1.29 is 19.0 Å². The fraction of sp³-hybridized carbons (Fsp3) is 0.321. The third kappa shape index (κ3) is 5.51. The molecular weight excluding hydrogens is 428 g/mol. The molecule has 0 radical (unpaired) electrons. The molecule has 0 saturated carbocycles. The average molecular weight is 461 g/mol. The lowest BCUT2D eigenvalue weighted by atomic mass is 10.00. The standard InChI is InChI=1S/C28H32N2O4/c1-32-25-12-10-22(11-13-25)28(31)30(24-7-5-9-27(19-24)34-3)23-14-16-29(17-15-23)20-21-6-4-8-26(18-21)33-2/h4-13,18-19,23H,14-17,20H2,1-3H3. The summed E-state index contributed by atoms with van der Waals surface area (Å²) in [6, 6.07) is 23.4. The molecule has 3 aromatic rings. The number of methoxy groups -OCH3 is 3. The van der Waals surface area contributed by atoms with Gasteiger partial charge in [-0.2, -0.15) is 0 Å². The Morgan fingerprint density at radius 3 is 2.09 bits per heavy atom. The van der Waals surface area contributed by atoms with Gasteiger partial charge in [0.05, 0.1) is 21.3 Å². The second kappa shape index (κ2) is 11.1. The molecular formula is C28H32N2O4. The molecule has 0 spiro atoms. The summed E-state index contributed by atoms with van der Waals surface area (Å²) < 4.78 is 16.1. The van der Waals surface area contributed by atoms with E-state index in [2.05, 4.69) is 17.0 Å². The first-order chi connectivity index (χ1) is 16.6.